The molecule has 3 unspecified atom stereocenters. The van der Waals surface area contributed by atoms with E-state index >= 15 is 0 Å². The molecular weight excluding hydrogens is 202 g/mol. The van der Waals surface area contributed by atoms with Crippen molar-refractivity contribution in [1.29, 1.82) is 0 Å². The third-order valence-electron chi connectivity index (χ3n) is 2.26. The smallest absolute Gasteiger partial charge is 0.307 e. The molecule has 2 N–H and O–H groups in total. The SMILES string of the molecule is CCS(=O)CCNC(C)C(C)C(=O)O. The number of carbonyl (C=O) groups is 1. The van der Waals surface area contributed by atoms with E-state index in [1.54, 1.807) is 6.92 Å². The highest BCUT2D eigenvalue weighted by molar-refractivity contribution is 7.84. The number of nitrogens with one attached hydrogen (secondary N) is 1. The quantitative estimate of drug-likeness (QED) is 0.655. The van der Waals surface area contributed by atoms with Crippen molar-refractivity contribution in [2.45, 2.75) is 26.8 Å². The first-order valence-electron chi connectivity index (χ1n) is 4.80. The predicted octanol–water partition coefficient (Wildman–Crippen LogP) is 0.454. The molecule has 0 aliphatic rings. The van der Waals surface area contributed by atoms with Crippen molar-refractivity contribution in [3.8, 4) is 0 Å². The zero-order valence-corrected chi connectivity index (χ0v) is 9.76. The van der Waals surface area contributed by atoms with Crippen LogP contribution in [0.5, 0.6) is 0 Å². The van der Waals surface area contributed by atoms with Gasteiger partial charge in [-0.15, -0.1) is 0 Å². The van der Waals surface area contributed by atoms with Gasteiger partial charge in [0.05, 0.1) is 5.92 Å². The van der Waals surface area contributed by atoms with Crippen LogP contribution in [0.2, 0.25) is 0 Å². The summed E-state index contributed by atoms with van der Waals surface area (Å²) in [6.07, 6.45) is 0. The molecule has 4 nitrogen and oxygen atoms in total. The van der Waals surface area contributed by atoms with E-state index in [2.05, 4.69) is 5.32 Å². The van der Waals surface area contributed by atoms with Gasteiger partial charge in [0.2, 0.25) is 0 Å². The van der Waals surface area contributed by atoms with Gasteiger partial charge >= 0.3 is 5.97 Å². The van der Waals surface area contributed by atoms with Crippen LogP contribution < -0.4 is 5.32 Å². The molecule has 3 atom stereocenters. The normalized spacial score (nSPS) is 17.4. The van der Waals surface area contributed by atoms with E-state index in [1.807, 2.05) is 13.8 Å². The van der Waals surface area contributed by atoms with Crippen LogP contribution >= 0.6 is 0 Å². The third-order valence-corrected chi connectivity index (χ3v) is 3.56. The average molecular weight is 221 g/mol. The average Bonchev–Trinajstić information content (AvgIpc) is 2.15. The standard InChI is InChI=1S/C9H19NO3S/c1-4-14(13)6-5-10-8(3)7(2)9(11)12/h7-8,10H,4-6H2,1-3H3,(H,11,12). The lowest BCUT2D eigenvalue weighted by molar-refractivity contribution is -0.141. The van der Waals surface area contributed by atoms with Gasteiger partial charge in [0, 0.05) is 34.9 Å². The van der Waals surface area contributed by atoms with Gasteiger partial charge in [-0.1, -0.05) is 13.8 Å². The Balaban J connectivity index is 3.68. The monoisotopic (exact) mass is 221 g/mol. The molecule has 0 heterocycles. The maximum Gasteiger partial charge on any atom is 0.307 e. The van der Waals surface area contributed by atoms with Crippen LogP contribution in [-0.4, -0.2) is 39.4 Å². The number of hydrogen-bond acceptors (Lipinski definition) is 3. The molecule has 0 fully saturated rings. The second kappa shape index (κ2) is 6.95. The van der Waals surface area contributed by atoms with Crippen molar-refractivity contribution < 1.29 is 14.1 Å². The Morgan fingerprint density at radius 2 is 2.07 bits per heavy atom. The van der Waals surface area contributed by atoms with E-state index in [0.717, 1.165) is 0 Å². The summed E-state index contributed by atoms with van der Waals surface area (Å²) in [4.78, 5) is 10.6. The number of hydrogen-bond donors (Lipinski definition) is 2. The number of carboxylic acids is 1. The molecule has 0 spiro atoms. The van der Waals surface area contributed by atoms with Crippen LogP contribution in [0, 0.1) is 5.92 Å². The Morgan fingerprint density at radius 1 is 1.50 bits per heavy atom. The van der Waals surface area contributed by atoms with E-state index in [0.29, 0.717) is 18.1 Å². The Morgan fingerprint density at radius 3 is 2.50 bits per heavy atom. The van der Waals surface area contributed by atoms with Gasteiger partial charge in [-0.2, -0.15) is 0 Å². The molecule has 0 aromatic carbocycles. The van der Waals surface area contributed by atoms with Crippen molar-refractivity contribution >= 4 is 16.8 Å². The number of carboxylic acid groups (broad SMARTS) is 1. The van der Waals surface area contributed by atoms with Gasteiger partial charge in [0.25, 0.3) is 0 Å². The summed E-state index contributed by atoms with van der Waals surface area (Å²) in [6, 6.07) is -0.0821. The lowest BCUT2D eigenvalue weighted by Gasteiger charge is -2.17. The molecule has 0 aliphatic heterocycles. The molecule has 0 bridgehead atoms. The molecule has 5 heteroatoms. The van der Waals surface area contributed by atoms with Crippen LogP contribution in [-0.2, 0) is 15.6 Å². The van der Waals surface area contributed by atoms with Gasteiger partial charge < -0.3 is 10.4 Å². The molecule has 0 aromatic rings. The van der Waals surface area contributed by atoms with Crippen LogP contribution in [0.3, 0.4) is 0 Å². The Labute approximate surface area is 87.5 Å². The summed E-state index contributed by atoms with van der Waals surface area (Å²) >= 11 is 0. The zero-order chi connectivity index (χ0) is 11.1. The molecule has 0 aliphatic carbocycles. The van der Waals surface area contributed by atoms with E-state index in [1.165, 1.54) is 0 Å². The molecule has 14 heavy (non-hydrogen) atoms. The zero-order valence-electron chi connectivity index (χ0n) is 8.95. The lowest BCUT2D eigenvalue weighted by atomic mass is 10.0. The fraction of sp³-hybridized carbons (Fsp3) is 0.889. The molecule has 0 amide bonds. The second-order valence-electron chi connectivity index (χ2n) is 3.30. The second-order valence-corrected chi connectivity index (χ2v) is 5.17. The molecular formula is C9H19NO3S. The summed E-state index contributed by atoms with van der Waals surface area (Å²) in [7, 11) is -0.777. The van der Waals surface area contributed by atoms with E-state index in [-0.39, 0.29) is 6.04 Å². The lowest BCUT2D eigenvalue weighted by Crippen LogP contribution is -2.38. The Bertz CT molecular complexity index is 208. The third kappa shape index (κ3) is 5.34. The summed E-state index contributed by atoms with van der Waals surface area (Å²) in [5.74, 6) is 0.0317. The molecule has 84 valence electrons. The van der Waals surface area contributed by atoms with Crippen molar-refractivity contribution in [2.24, 2.45) is 5.92 Å². The number of aliphatic carboxylic acids is 1. The topological polar surface area (TPSA) is 66.4 Å². The molecule has 0 saturated carbocycles. The van der Waals surface area contributed by atoms with Gasteiger partial charge in [-0.05, 0) is 6.92 Å². The van der Waals surface area contributed by atoms with Crippen LogP contribution in [0.15, 0.2) is 0 Å². The fourth-order valence-electron chi connectivity index (χ4n) is 0.935. The Hall–Kier alpha value is -0.420. The van der Waals surface area contributed by atoms with Crippen molar-refractivity contribution in [3.63, 3.8) is 0 Å². The largest absolute Gasteiger partial charge is 0.481 e. The first-order valence-corrected chi connectivity index (χ1v) is 6.29. The first-order chi connectivity index (χ1) is 6.49. The minimum atomic E-state index is -0.804. The predicted molar refractivity (Wildman–Crippen MR) is 57.8 cm³/mol. The number of rotatable bonds is 7. The van der Waals surface area contributed by atoms with E-state index in [4.69, 9.17) is 5.11 Å². The maximum atomic E-state index is 11.1. The molecule has 0 saturated heterocycles. The van der Waals surface area contributed by atoms with Gasteiger partial charge in [0.15, 0.2) is 0 Å². The summed E-state index contributed by atoms with van der Waals surface area (Å²) < 4.78 is 11.1. The minimum Gasteiger partial charge on any atom is -0.481 e. The van der Waals surface area contributed by atoms with E-state index in [9.17, 15) is 9.00 Å². The Kier molecular flexibility index (Phi) is 6.74. The highest BCUT2D eigenvalue weighted by Crippen LogP contribution is 2.01. The highest BCUT2D eigenvalue weighted by atomic mass is 32.2. The van der Waals surface area contributed by atoms with Crippen LogP contribution in [0.4, 0.5) is 0 Å². The minimum absolute atomic E-state index is 0.0821. The van der Waals surface area contributed by atoms with Crippen molar-refractivity contribution in [3.05, 3.63) is 0 Å². The fourth-order valence-corrected chi connectivity index (χ4v) is 1.57. The van der Waals surface area contributed by atoms with Crippen LogP contribution in [0.1, 0.15) is 20.8 Å². The summed E-state index contributed by atoms with van der Waals surface area (Å²) in [5, 5.41) is 11.8. The van der Waals surface area contributed by atoms with Crippen molar-refractivity contribution in [2.75, 3.05) is 18.1 Å². The molecule has 0 radical (unpaired) electrons. The van der Waals surface area contributed by atoms with Gasteiger partial charge in [-0.3, -0.25) is 9.00 Å². The van der Waals surface area contributed by atoms with Gasteiger partial charge in [0.1, 0.15) is 0 Å². The van der Waals surface area contributed by atoms with Crippen molar-refractivity contribution in [1.82, 2.24) is 5.32 Å². The summed E-state index contributed by atoms with van der Waals surface area (Å²) in [5.41, 5.74) is 0. The van der Waals surface area contributed by atoms with E-state index < -0.39 is 22.7 Å². The summed E-state index contributed by atoms with van der Waals surface area (Å²) in [6.45, 7) is 5.98. The first kappa shape index (κ1) is 13.6. The van der Waals surface area contributed by atoms with Crippen LogP contribution in [0.25, 0.3) is 0 Å². The van der Waals surface area contributed by atoms with Gasteiger partial charge in [-0.25, -0.2) is 0 Å². The molecule has 0 aromatic heterocycles. The highest BCUT2D eigenvalue weighted by Gasteiger charge is 2.18. The maximum absolute atomic E-state index is 11.1. The molecule has 0 rings (SSSR count).